The highest BCUT2D eigenvalue weighted by molar-refractivity contribution is 6.28. The summed E-state index contributed by atoms with van der Waals surface area (Å²) in [7, 11) is 0. The van der Waals surface area contributed by atoms with Crippen molar-refractivity contribution in [3.63, 3.8) is 0 Å². The third-order valence-corrected chi connectivity index (χ3v) is 5.24. The van der Waals surface area contributed by atoms with E-state index in [1.807, 2.05) is 6.92 Å². The van der Waals surface area contributed by atoms with Crippen LogP contribution < -0.4 is 10.2 Å². The number of carboxylic acids is 1. The zero-order valence-electron chi connectivity index (χ0n) is 17.5. The maximum absolute atomic E-state index is 12.8. The van der Waals surface area contributed by atoms with Crippen LogP contribution in [0.3, 0.4) is 0 Å². The SMILES string of the molecule is Cc1cc(-c2ccc(C=C3NC(=O)N(c4ccc(C(=O)O)cc4)C3=O)o2)c([N+](=O)[O-])cc1C. The van der Waals surface area contributed by atoms with E-state index >= 15 is 0 Å². The van der Waals surface area contributed by atoms with E-state index < -0.39 is 22.8 Å². The minimum absolute atomic E-state index is 0.0186. The molecule has 1 saturated heterocycles. The zero-order chi connectivity index (χ0) is 23.9. The van der Waals surface area contributed by atoms with Crippen LogP contribution in [-0.2, 0) is 4.79 Å². The van der Waals surface area contributed by atoms with Crippen LogP contribution >= 0.6 is 0 Å². The molecule has 0 radical (unpaired) electrons. The molecule has 1 aliphatic heterocycles. The van der Waals surface area contributed by atoms with Gasteiger partial charge >= 0.3 is 12.0 Å². The summed E-state index contributed by atoms with van der Waals surface area (Å²) in [6, 6.07) is 10.8. The summed E-state index contributed by atoms with van der Waals surface area (Å²) >= 11 is 0. The molecule has 0 bridgehead atoms. The summed E-state index contributed by atoms with van der Waals surface area (Å²) in [6.07, 6.45) is 1.32. The van der Waals surface area contributed by atoms with Crippen LogP contribution in [0.4, 0.5) is 16.2 Å². The Morgan fingerprint density at radius 3 is 2.39 bits per heavy atom. The number of amides is 3. The molecule has 1 aliphatic rings. The van der Waals surface area contributed by atoms with Gasteiger partial charge in [-0.3, -0.25) is 14.9 Å². The third-order valence-electron chi connectivity index (χ3n) is 5.24. The van der Waals surface area contributed by atoms with E-state index in [0.717, 1.165) is 16.0 Å². The number of urea groups is 1. The standard InChI is InChI=1S/C23H17N3O7/c1-12-9-17(19(26(31)32)10-13(12)2)20-8-7-16(33-20)11-18-21(27)25(23(30)24-18)15-5-3-14(4-6-15)22(28)29/h3-11H,1-2H3,(H,24,30)(H,28,29). The minimum atomic E-state index is -1.13. The molecule has 1 fully saturated rings. The summed E-state index contributed by atoms with van der Waals surface area (Å²) in [4.78, 5) is 48.0. The number of imide groups is 1. The van der Waals surface area contributed by atoms with Crippen LogP contribution in [0.1, 0.15) is 27.2 Å². The van der Waals surface area contributed by atoms with Crippen LogP contribution in [0.25, 0.3) is 17.4 Å². The number of rotatable bonds is 5. The number of nitrogens with one attached hydrogen (secondary N) is 1. The van der Waals surface area contributed by atoms with Gasteiger partial charge in [-0.05, 0) is 67.4 Å². The molecule has 2 aromatic carbocycles. The first-order chi connectivity index (χ1) is 15.7. The van der Waals surface area contributed by atoms with Gasteiger partial charge in [0.05, 0.1) is 21.7 Å². The number of furan rings is 1. The largest absolute Gasteiger partial charge is 0.478 e. The molecule has 0 spiro atoms. The molecular weight excluding hydrogens is 430 g/mol. The van der Waals surface area contributed by atoms with Crippen molar-refractivity contribution in [2.24, 2.45) is 0 Å². The number of carboxylic acid groups (broad SMARTS) is 1. The number of hydrogen-bond acceptors (Lipinski definition) is 6. The normalized spacial score (nSPS) is 14.6. The molecule has 4 rings (SSSR count). The molecular formula is C23H17N3O7. The van der Waals surface area contributed by atoms with Crippen LogP contribution in [0.2, 0.25) is 0 Å². The molecule has 166 valence electrons. The predicted molar refractivity (Wildman–Crippen MR) is 118 cm³/mol. The average Bonchev–Trinajstić information content (AvgIpc) is 3.34. The van der Waals surface area contributed by atoms with Crippen molar-refractivity contribution < 1.29 is 28.8 Å². The van der Waals surface area contributed by atoms with Gasteiger partial charge < -0.3 is 14.8 Å². The van der Waals surface area contributed by atoms with Gasteiger partial charge in [0.15, 0.2) is 0 Å². The first-order valence-corrected chi connectivity index (χ1v) is 9.72. The van der Waals surface area contributed by atoms with E-state index in [0.29, 0.717) is 5.56 Å². The molecule has 10 heteroatoms. The molecule has 33 heavy (non-hydrogen) atoms. The lowest BCUT2D eigenvalue weighted by Gasteiger charge is -2.11. The summed E-state index contributed by atoms with van der Waals surface area (Å²) < 4.78 is 5.72. The highest BCUT2D eigenvalue weighted by Gasteiger charge is 2.35. The Morgan fingerprint density at radius 2 is 1.76 bits per heavy atom. The Morgan fingerprint density at radius 1 is 1.09 bits per heavy atom. The molecule has 0 unspecified atom stereocenters. The van der Waals surface area contributed by atoms with Crippen LogP contribution in [-0.4, -0.2) is 27.9 Å². The summed E-state index contributed by atoms with van der Waals surface area (Å²) in [5.41, 5.74) is 1.99. The topological polar surface area (TPSA) is 143 Å². The van der Waals surface area contributed by atoms with Gasteiger partial charge in [0.2, 0.25) is 0 Å². The maximum Gasteiger partial charge on any atom is 0.335 e. The first kappa shape index (κ1) is 21.5. The van der Waals surface area contributed by atoms with E-state index in [2.05, 4.69) is 5.32 Å². The number of anilines is 1. The number of nitro benzene ring substituents is 1. The molecule has 2 heterocycles. The van der Waals surface area contributed by atoms with E-state index in [1.165, 1.54) is 42.5 Å². The van der Waals surface area contributed by atoms with Crippen LogP contribution in [0.15, 0.2) is 58.6 Å². The van der Waals surface area contributed by atoms with Crippen molar-refractivity contribution in [3.8, 4) is 11.3 Å². The lowest BCUT2D eigenvalue weighted by molar-refractivity contribution is -0.384. The van der Waals surface area contributed by atoms with E-state index in [-0.39, 0.29) is 34.2 Å². The fourth-order valence-corrected chi connectivity index (χ4v) is 3.39. The molecule has 2 N–H and O–H groups in total. The van der Waals surface area contributed by atoms with Gasteiger partial charge in [-0.15, -0.1) is 0 Å². The molecule has 3 amide bonds. The number of aryl methyl sites for hydroxylation is 2. The molecule has 0 saturated carbocycles. The van der Waals surface area contributed by atoms with E-state index in [9.17, 15) is 24.5 Å². The van der Waals surface area contributed by atoms with E-state index in [1.54, 1.807) is 19.1 Å². The summed E-state index contributed by atoms with van der Waals surface area (Å²) in [5.74, 6) is -1.33. The van der Waals surface area contributed by atoms with Gasteiger partial charge in [0.1, 0.15) is 17.2 Å². The fraction of sp³-hybridized carbons (Fsp3) is 0.0870. The number of aromatic carboxylic acids is 1. The highest BCUT2D eigenvalue weighted by atomic mass is 16.6. The number of benzene rings is 2. The Balaban J connectivity index is 1.63. The number of carbonyl (C=O) groups excluding carboxylic acids is 2. The van der Waals surface area contributed by atoms with Gasteiger partial charge in [-0.1, -0.05) is 0 Å². The molecule has 1 aromatic heterocycles. The van der Waals surface area contributed by atoms with Crippen molar-refractivity contribution in [3.05, 3.63) is 86.8 Å². The monoisotopic (exact) mass is 447 g/mol. The van der Waals surface area contributed by atoms with Crippen molar-refractivity contribution >= 4 is 35.4 Å². The Labute approximate surface area is 186 Å². The third kappa shape index (κ3) is 3.97. The smallest absolute Gasteiger partial charge is 0.335 e. The van der Waals surface area contributed by atoms with Crippen LogP contribution in [0, 0.1) is 24.0 Å². The molecule has 0 atom stereocenters. The minimum Gasteiger partial charge on any atom is -0.478 e. The summed E-state index contributed by atoms with van der Waals surface area (Å²) in [5, 5.41) is 22.9. The number of nitrogens with zero attached hydrogens (tertiary/aromatic N) is 2. The zero-order valence-corrected chi connectivity index (χ0v) is 17.5. The Hall–Kier alpha value is -4.73. The van der Waals surface area contributed by atoms with Crippen molar-refractivity contribution in [2.75, 3.05) is 4.90 Å². The van der Waals surface area contributed by atoms with Gasteiger partial charge in [-0.25, -0.2) is 14.5 Å². The number of carbonyl (C=O) groups is 3. The predicted octanol–water partition coefficient (Wildman–Crippen LogP) is 4.27. The van der Waals surface area contributed by atoms with Gasteiger partial charge in [0.25, 0.3) is 11.6 Å². The van der Waals surface area contributed by atoms with Crippen molar-refractivity contribution in [2.45, 2.75) is 13.8 Å². The second-order valence-electron chi connectivity index (χ2n) is 7.39. The second kappa shape index (κ2) is 8.08. The number of hydrogen-bond donors (Lipinski definition) is 2. The van der Waals surface area contributed by atoms with Crippen LogP contribution in [0.5, 0.6) is 0 Å². The van der Waals surface area contributed by atoms with Crippen molar-refractivity contribution in [1.29, 1.82) is 0 Å². The Kier molecular flexibility index (Phi) is 5.26. The van der Waals surface area contributed by atoms with Gasteiger partial charge in [-0.2, -0.15) is 0 Å². The second-order valence-corrected chi connectivity index (χ2v) is 7.39. The van der Waals surface area contributed by atoms with Gasteiger partial charge in [0, 0.05) is 12.1 Å². The summed E-state index contributed by atoms with van der Waals surface area (Å²) in [6.45, 7) is 3.61. The van der Waals surface area contributed by atoms with Crippen molar-refractivity contribution in [1.82, 2.24) is 5.32 Å². The average molecular weight is 447 g/mol. The first-order valence-electron chi connectivity index (χ1n) is 9.72. The highest BCUT2D eigenvalue weighted by Crippen LogP contribution is 2.34. The number of nitro groups is 1. The lowest BCUT2D eigenvalue weighted by atomic mass is 10.0. The Bertz CT molecular complexity index is 1350. The molecule has 3 aromatic rings. The molecule has 0 aliphatic carbocycles. The molecule has 10 nitrogen and oxygen atoms in total. The maximum atomic E-state index is 12.8. The quantitative estimate of drug-likeness (QED) is 0.257. The van der Waals surface area contributed by atoms with E-state index in [4.69, 9.17) is 9.52 Å². The fourth-order valence-electron chi connectivity index (χ4n) is 3.39. The lowest BCUT2D eigenvalue weighted by Crippen LogP contribution is -2.30.